The lowest BCUT2D eigenvalue weighted by Gasteiger charge is -2.16. The number of sulfone groups is 1. The number of hydrogen-bond donors (Lipinski definition) is 0. The van der Waals surface area contributed by atoms with Crippen LogP contribution >= 0.6 is 34.5 Å². The summed E-state index contributed by atoms with van der Waals surface area (Å²) in [6.07, 6.45) is 1.85. The summed E-state index contributed by atoms with van der Waals surface area (Å²) in [5.74, 6) is 1.06. The maximum absolute atomic E-state index is 13.1. The number of hydrogen-bond acceptors (Lipinski definition) is 8. The Morgan fingerprint density at radius 1 is 1.00 bits per heavy atom. The van der Waals surface area contributed by atoms with Gasteiger partial charge >= 0.3 is 0 Å². The number of benzene rings is 2. The van der Waals surface area contributed by atoms with E-state index in [0.29, 0.717) is 43.8 Å². The van der Waals surface area contributed by atoms with Gasteiger partial charge < -0.3 is 9.47 Å². The van der Waals surface area contributed by atoms with Crippen molar-refractivity contribution in [1.29, 1.82) is 0 Å². The van der Waals surface area contributed by atoms with E-state index in [2.05, 4.69) is 15.2 Å². The molecule has 8 nitrogen and oxygen atoms in total. The highest BCUT2D eigenvalue weighted by molar-refractivity contribution is 7.90. The SMILES string of the molecule is COc1cccc(OC)c1-n1c(CS(=O)(=O)CCc2ccc(Cl)cc2)nnc1-c1ncc(Cl)s1. The van der Waals surface area contributed by atoms with Crippen molar-refractivity contribution >= 4 is 44.4 Å². The van der Waals surface area contributed by atoms with Crippen LogP contribution in [-0.4, -0.2) is 48.1 Å². The van der Waals surface area contributed by atoms with E-state index < -0.39 is 9.84 Å². The minimum Gasteiger partial charge on any atom is -0.494 e. The van der Waals surface area contributed by atoms with Crippen LogP contribution < -0.4 is 9.47 Å². The number of aryl methyl sites for hydroxylation is 1. The molecule has 0 bridgehead atoms. The van der Waals surface area contributed by atoms with E-state index in [1.807, 2.05) is 12.1 Å². The molecule has 0 spiro atoms. The van der Waals surface area contributed by atoms with Gasteiger partial charge in [-0.2, -0.15) is 0 Å². The zero-order chi connectivity index (χ0) is 24.3. The van der Waals surface area contributed by atoms with Crippen LogP contribution in [0.15, 0.2) is 48.7 Å². The van der Waals surface area contributed by atoms with Gasteiger partial charge in [0.05, 0.1) is 26.2 Å². The maximum atomic E-state index is 13.1. The minimum absolute atomic E-state index is 0.0665. The predicted molar refractivity (Wildman–Crippen MR) is 133 cm³/mol. The van der Waals surface area contributed by atoms with Crippen LogP contribution in [0, 0.1) is 0 Å². The second-order valence-electron chi connectivity index (χ2n) is 7.22. The number of ether oxygens (including phenoxy) is 2. The largest absolute Gasteiger partial charge is 0.494 e. The molecule has 0 aliphatic heterocycles. The topological polar surface area (TPSA) is 96.2 Å². The Labute approximate surface area is 211 Å². The van der Waals surface area contributed by atoms with Crippen LogP contribution in [-0.2, 0) is 22.0 Å². The molecule has 0 aliphatic rings. The summed E-state index contributed by atoms with van der Waals surface area (Å²) in [6, 6.07) is 12.4. The summed E-state index contributed by atoms with van der Waals surface area (Å²) in [6.45, 7) is 0. The summed E-state index contributed by atoms with van der Waals surface area (Å²) in [5.41, 5.74) is 1.35. The van der Waals surface area contributed by atoms with Crippen molar-refractivity contribution < 1.29 is 17.9 Å². The van der Waals surface area contributed by atoms with Crippen LogP contribution in [0.1, 0.15) is 11.4 Å². The van der Waals surface area contributed by atoms with Gasteiger partial charge in [-0.05, 0) is 36.2 Å². The molecule has 0 amide bonds. The Kier molecular flexibility index (Phi) is 7.42. The summed E-state index contributed by atoms with van der Waals surface area (Å²) in [4.78, 5) is 4.30. The van der Waals surface area contributed by atoms with E-state index in [9.17, 15) is 8.42 Å². The molecule has 12 heteroatoms. The van der Waals surface area contributed by atoms with Gasteiger partial charge in [0.25, 0.3) is 0 Å². The summed E-state index contributed by atoms with van der Waals surface area (Å²) in [7, 11) is -0.519. The first-order valence-electron chi connectivity index (χ1n) is 10.0. The molecule has 0 radical (unpaired) electrons. The quantitative estimate of drug-likeness (QED) is 0.299. The molecule has 0 fully saturated rings. The molecule has 2 aromatic carbocycles. The number of halogens is 2. The van der Waals surface area contributed by atoms with E-state index in [1.165, 1.54) is 31.8 Å². The van der Waals surface area contributed by atoms with Crippen LogP contribution in [0.2, 0.25) is 9.36 Å². The van der Waals surface area contributed by atoms with Gasteiger partial charge in [-0.25, -0.2) is 13.4 Å². The van der Waals surface area contributed by atoms with Crippen LogP contribution in [0.3, 0.4) is 0 Å². The van der Waals surface area contributed by atoms with E-state index in [0.717, 1.165) is 5.56 Å². The van der Waals surface area contributed by atoms with E-state index in [-0.39, 0.29) is 17.3 Å². The lowest BCUT2D eigenvalue weighted by atomic mass is 10.2. The molecule has 0 aliphatic carbocycles. The normalized spacial score (nSPS) is 11.5. The van der Waals surface area contributed by atoms with Crippen LogP contribution in [0.5, 0.6) is 11.5 Å². The average molecular weight is 539 g/mol. The van der Waals surface area contributed by atoms with Gasteiger partial charge in [0.1, 0.15) is 27.3 Å². The molecule has 2 aromatic heterocycles. The number of para-hydroxylation sites is 1. The zero-order valence-corrected chi connectivity index (χ0v) is 21.4. The number of aromatic nitrogens is 4. The third-order valence-electron chi connectivity index (χ3n) is 4.99. The van der Waals surface area contributed by atoms with Gasteiger partial charge in [0.15, 0.2) is 26.5 Å². The molecule has 0 saturated carbocycles. The van der Waals surface area contributed by atoms with E-state index in [1.54, 1.807) is 34.9 Å². The van der Waals surface area contributed by atoms with Crippen molar-refractivity contribution in [3.05, 3.63) is 69.4 Å². The van der Waals surface area contributed by atoms with Crippen molar-refractivity contribution in [1.82, 2.24) is 19.7 Å². The first kappa shape index (κ1) is 24.5. The van der Waals surface area contributed by atoms with Gasteiger partial charge in [-0.1, -0.05) is 52.7 Å². The Hall–Kier alpha value is -2.66. The van der Waals surface area contributed by atoms with Gasteiger partial charge in [0, 0.05) is 5.02 Å². The highest BCUT2D eigenvalue weighted by atomic mass is 35.5. The van der Waals surface area contributed by atoms with Crippen molar-refractivity contribution in [2.24, 2.45) is 0 Å². The maximum Gasteiger partial charge on any atom is 0.197 e. The number of rotatable bonds is 9. The Morgan fingerprint density at radius 3 is 2.26 bits per heavy atom. The third-order valence-corrected chi connectivity index (χ3v) is 7.88. The highest BCUT2D eigenvalue weighted by Crippen LogP contribution is 2.38. The predicted octanol–water partition coefficient (Wildman–Crippen LogP) is 4.87. The number of nitrogens with zero attached hydrogens (tertiary/aromatic N) is 4. The molecule has 0 saturated heterocycles. The molecule has 34 heavy (non-hydrogen) atoms. The molecule has 178 valence electrons. The molecule has 4 rings (SSSR count). The Balaban J connectivity index is 1.75. The summed E-state index contributed by atoms with van der Waals surface area (Å²) >= 11 is 13.2. The fourth-order valence-corrected chi connectivity index (χ4v) is 5.67. The van der Waals surface area contributed by atoms with Crippen molar-refractivity contribution in [3.63, 3.8) is 0 Å². The van der Waals surface area contributed by atoms with Crippen LogP contribution in [0.25, 0.3) is 16.5 Å². The van der Waals surface area contributed by atoms with Gasteiger partial charge in [-0.3, -0.25) is 4.57 Å². The molecule has 0 unspecified atom stereocenters. The number of thiazole rings is 1. The molecule has 2 heterocycles. The smallest absolute Gasteiger partial charge is 0.197 e. The van der Waals surface area contributed by atoms with Crippen molar-refractivity contribution in [3.8, 4) is 28.0 Å². The molecule has 4 aromatic rings. The van der Waals surface area contributed by atoms with E-state index >= 15 is 0 Å². The first-order valence-corrected chi connectivity index (χ1v) is 13.4. The van der Waals surface area contributed by atoms with Gasteiger partial charge in [-0.15, -0.1) is 10.2 Å². The molecular weight excluding hydrogens is 519 g/mol. The zero-order valence-electron chi connectivity index (χ0n) is 18.2. The molecular formula is C22H20Cl2N4O4S2. The minimum atomic E-state index is -3.56. The second-order valence-corrected chi connectivity index (χ2v) is 11.5. The fourth-order valence-electron chi connectivity index (χ4n) is 3.39. The Bertz CT molecular complexity index is 1380. The standard InChI is InChI=1S/C22H20Cl2N4O4S2/c1-31-16-4-3-5-17(32-2)20(16)28-19(26-27-21(28)22-25-12-18(24)33-22)13-34(29,30)11-10-14-6-8-15(23)9-7-14/h3-9,12H,10-11,13H2,1-2H3. The monoisotopic (exact) mass is 538 g/mol. The Morgan fingerprint density at radius 2 is 1.68 bits per heavy atom. The lowest BCUT2D eigenvalue weighted by molar-refractivity contribution is 0.391. The number of methoxy groups -OCH3 is 2. The third kappa shape index (κ3) is 5.35. The lowest BCUT2D eigenvalue weighted by Crippen LogP contribution is -2.16. The molecule has 0 atom stereocenters. The van der Waals surface area contributed by atoms with Crippen molar-refractivity contribution in [2.75, 3.05) is 20.0 Å². The highest BCUT2D eigenvalue weighted by Gasteiger charge is 2.26. The van der Waals surface area contributed by atoms with Crippen molar-refractivity contribution in [2.45, 2.75) is 12.2 Å². The average Bonchev–Trinajstić information content (AvgIpc) is 3.43. The first-order chi connectivity index (χ1) is 16.3. The summed E-state index contributed by atoms with van der Waals surface area (Å²) < 4.78 is 39.3. The van der Waals surface area contributed by atoms with E-state index in [4.69, 9.17) is 32.7 Å². The summed E-state index contributed by atoms with van der Waals surface area (Å²) in [5, 5.41) is 9.54. The van der Waals surface area contributed by atoms with Gasteiger partial charge in [0.2, 0.25) is 0 Å². The van der Waals surface area contributed by atoms with Crippen LogP contribution in [0.4, 0.5) is 0 Å². The second kappa shape index (κ2) is 10.3. The molecule has 0 N–H and O–H groups in total. The fraction of sp³-hybridized carbons (Fsp3) is 0.227.